The minimum Gasteiger partial charge on any atom is -0.507 e. The van der Waals surface area contributed by atoms with Crippen molar-refractivity contribution >= 4 is 5.78 Å². The van der Waals surface area contributed by atoms with Crippen molar-refractivity contribution in [1.82, 2.24) is 0 Å². The lowest BCUT2D eigenvalue weighted by Crippen LogP contribution is -2.21. The van der Waals surface area contributed by atoms with Crippen LogP contribution in [-0.4, -0.2) is 25.1 Å². The fraction of sp³-hybridized carbons (Fsp3) is 0.367. The van der Waals surface area contributed by atoms with Crippen molar-refractivity contribution < 1.29 is 19.4 Å². The third kappa shape index (κ3) is 5.11. The molecule has 180 valence electrons. The Labute approximate surface area is 203 Å². The van der Waals surface area contributed by atoms with Crippen LogP contribution in [0.25, 0.3) is 0 Å². The van der Waals surface area contributed by atoms with Gasteiger partial charge in [-0.25, -0.2) is 0 Å². The topological polar surface area (TPSA) is 55.8 Å². The Morgan fingerprint density at radius 1 is 0.735 bits per heavy atom. The van der Waals surface area contributed by atoms with Crippen LogP contribution >= 0.6 is 0 Å². The molecule has 1 N–H and O–H groups in total. The van der Waals surface area contributed by atoms with Gasteiger partial charge in [0, 0.05) is 5.56 Å². The molecule has 0 saturated carbocycles. The molecule has 3 aromatic rings. The average molecular weight is 461 g/mol. The van der Waals surface area contributed by atoms with Crippen molar-refractivity contribution in [2.45, 2.75) is 58.3 Å². The molecule has 0 aliphatic rings. The summed E-state index contributed by atoms with van der Waals surface area (Å²) >= 11 is 0. The van der Waals surface area contributed by atoms with E-state index in [0.29, 0.717) is 22.8 Å². The smallest absolute Gasteiger partial charge is 0.174 e. The second-order valence-electron chi connectivity index (χ2n) is 10.7. The highest BCUT2D eigenvalue weighted by Gasteiger charge is 2.31. The molecule has 0 aliphatic heterocycles. The molecule has 0 bridgehead atoms. The van der Waals surface area contributed by atoms with Crippen molar-refractivity contribution in [2.24, 2.45) is 0 Å². The number of methoxy groups -OCH3 is 2. The highest BCUT2D eigenvalue weighted by molar-refractivity contribution is 6.03. The van der Waals surface area contributed by atoms with Gasteiger partial charge in [0.1, 0.15) is 5.75 Å². The van der Waals surface area contributed by atoms with E-state index in [1.807, 2.05) is 42.5 Å². The first-order valence-corrected chi connectivity index (χ1v) is 11.6. The van der Waals surface area contributed by atoms with Crippen molar-refractivity contribution in [2.75, 3.05) is 14.2 Å². The second kappa shape index (κ2) is 9.54. The van der Waals surface area contributed by atoms with E-state index in [-0.39, 0.29) is 16.6 Å². The molecular formula is C30H36O4. The van der Waals surface area contributed by atoms with Crippen LogP contribution in [0.2, 0.25) is 0 Å². The molecule has 3 aromatic carbocycles. The fourth-order valence-electron chi connectivity index (χ4n) is 4.26. The Balaban J connectivity index is 2.29. The predicted molar refractivity (Wildman–Crippen MR) is 138 cm³/mol. The standard InChI is InChI=1S/C30H36O4/c1-29(2,3)22-16-21(17-23(28(22)32)30(4,5)6)26(19-12-10-9-11-13-19)27(31)20-14-15-24(33-7)25(18-20)34-8/h9-18,26,32H,1-8H3. The summed E-state index contributed by atoms with van der Waals surface area (Å²) in [5, 5.41) is 11.2. The first-order valence-electron chi connectivity index (χ1n) is 11.6. The molecule has 34 heavy (non-hydrogen) atoms. The van der Waals surface area contributed by atoms with Crippen LogP contribution in [0.4, 0.5) is 0 Å². The number of phenols is 1. The van der Waals surface area contributed by atoms with Gasteiger partial charge in [0.15, 0.2) is 17.3 Å². The molecule has 0 radical (unpaired) electrons. The van der Waals surface area contributed by atoms with Crippen LogP contribution in [0.15, 0.2) is 60.7 Å². The summed E-state index contributed by atoms with van der Waals surface area (Å²) in [7, 11) is 3.14. The average Bonchev–Trinajstić information content (AvgIpc) is 2.78. The number of Topliss-reactive ketones (excluding diaryl/α,β-unsaturated/α-hetero) is 1. The molecule has 4 nitrogen and oxygen atoms in total. The lowest BCUT2D eigenvalue weighted by molar-refractivity contribution is 0.0973. The van der Waals surface area contributed by atoms with E-state index >= 15 is 0 Å². The van der Waals surface area contributed by atoms with Crippen LogP contribution in [0.3, 0.4) is 0 Å². The number of benzene rings is 3. The Hall–Kier alpha value is -3.27. The number of phenolic OH excluding ortho intramolecular Hbond substituents is 1. The Morgan fingerprint density at radius 3 is 1.74 bits per heavy atom. The summed E-state index contributed by atoms with van der Waals surface area (Å²) in [5.41, 5.74) is 3.36. The van der Waals surface area contributed by atoms with Crippen LogP contribution < -0.4 is 9.47 Å². The molecule has 0 aromatic heterocycles. The quantitative estimate of drug-likeness (QED) is 0.402. The molecule has 0 heterocycles. The van der Waals surface area contributed by atoms with Crippen molar-refractivity contribution in [3.8, 4) is 17.2 Å². The summed E-state index contributed by atoms with van der Waals surface area (Å²) in [6.07, 6.45) is 0. The molecule has 3 rings (SSSR count). The van der Waals surface area contributed by atoms with Crippen LogP contribution in [0.1, 0.15) is 80.1 Å². The summed E-state index contributed by atoms with van der Waals surface area (Å²) in [6.45, 7) is 12.5. The second-order valence-corrected chi connectivity index (χ2v) is 10.7. The maximum Gasteiger partial charge on any atom is 0.174 e. The molecule has 1 unspecified atom stereocenters. The van der Waals surface area contributed by atoms with Crippen molar-refractivity contribution in [1.29, 1.82) is 0 Å². The Morgan fingerprint density at radius 2 is 1.26 bits per heavy atom. The van der Waals surface area contributed by atoms with Crippen LogP contribution in [-0.2, 0) is 10.8 Å². The van der Waals surface area contributed by atoms with Gasteiger partial charge in [-0.1, -0.05) is 84.0 Å². The molecule has 0 fully saturated rings. The van der Waals surface area contributed by atoms with Gasteiger partial charge in [-0.3, -0.25) is 4.79 Å². The summed E-state index contributed by atoms with van der Waals surface area (Å²) < 4.78 is 10.8. The molecule has 0 spiro atoms. The number of carbonyl (C=O) groups is 1. The van der Waals surface area contributed by atoms with Crippen LogP contribution in [0, 0.1) is 0 Å². The number of ketones is 1. The third-order valence-corrected chi connectivity index (χ3v) is 6.14. The van der Waals surface area contributed by atoms with Gasteiger partial charge >= 0.3 is 0 Å². The monoisotopic (exact) mass is 460 g/mol. The molecule has 0 saturated heterocycles. The molecule has 4 heteroatoms. The van der Waals surface area contributed by atoms with Gasteiger partial charge in [-0.2, -0.15) is 0 Å². The van der Waals surface area contributed by atoms with Crippen LogP contribution in [0.5, 0.6) is 17.2 Å². The number of hydrogen-bond donors (Lipinski definition) is 1. The van der Waals surface area contributed by atoms with Gasteiger partial charge in [0.2, 0.25) is 0 Å². The zero-order chi connectivity index (χ0) is 25.3. The summed E-state index contributed by atoms with van der Waals surface area (Å²) in [5.74, 6) is 0.801. The van der Waals surface area contributed by atoms with E-state index in [1.54, 1.807) is 32.4 Å². The fourth-order valence-corrected chi connectivity index (χ4v) is 4.26. The van der Waals surface area contributed by atoms with E-state index in [9.17, 15) is 9.90 Å². The third-order valence-electron chi connectivity index (χ3n) is 6.14. The Kier molecular flexibility index (Phi) is 7.11. The SMILES string of the molecule is COc1ccc(C(=O)C(c2ccccc2)c2cc(C(C)(C)C)c(O)c(C(C)(C)C)c2)cc1OC. The summed E-state index contributed by atoms with van der Waals surface area (Å²) in [6, 6.07) is 19.0. The lowest BCUT2D eigenvalue weighted by atomic mass is 9.75. The first kappa shape index (κ1) is 25.4. The zero-order valence-corrected chi connectivity index (χ0v) is 21.5. The van der Waals surface area contributed by atoms with Gasteiger partial charge in [0.05, 0.1) is 20.1 Å². The number of carbonyl (C=O) groups excluding carboxylic acids is 1. The zero-order valence-electron chi connectivity index (χ0n) is 21.5. The highest BCUT2D eigenvalue weighted by Crippen LogP contribution is 2.43. The normalized spacial score (nSPS) is 12.8. The maximum atomic E-state index is 14.1. The molecule has 0 amide bonds. The van der Waals surface area contributed by atoms with Crippen molar-refractivity contribution in [3.05, 3.63) is 88.5 Å². The Bertz CT molecular complexity index is 1130. The highest BCUT2D eigenvalue weighted by atomic mass is 16.5. The number of aromatic hydroxyl groups is 1. The number of rotatable bonds is 6. The van der Waals surface area contributed by atoms with E-state index in [0.717, 1.165) is 22.3 Å². The van der Waals surface area contributed by atoms with Gasteiger partial charge in [-0.15, -0.1) is 0 Å². The number of hydrogen-bond acceptors (Lipinski definition) is 4. The molecular weight excluding hydrogens is 424 g/mol. The first-order chi connectivity index (χ1) is 15.9. The van der Waals surface area contributed by atoms with E-state index in [2.05, 4.69) is 41.5 Å². The van der Waals surface area contributed by atoms with Gasteiger partial charge < -0.3 is 14.6 Å². The van der Waals surface area contributed by atoms with E-state index < -0.39 is 5.92 Å². The predicted octanol–water partition coefficient (Wildman–Crippen LogP) is 7.02. The van der Waals surface area contributed by atoms with Gasteiger partial charge in [-0.05, 0) is 51.3 Å². The minimum absolute atomic E-state index is 0.0439. The summed E-state index contributed by atoms with van der Waals surface area (Å²) in [4.78, 5) is 14.1. The molecule has 0 aliphatic carbocycles. The van der Waals surface area contributed by atoms with Crippen molar-refractivity contribution in [3.63, 3.8) is 0 Å². The number of ether oxygens (including phenoxy) is 2. The van der Waals surface area contributed by atoms with E-state index in [4.69, 9.17) is 9.47 Å². The molecule has 1 atom stereocenters. The maximum absolute atomic E-state index is 14.1. The lowest BCUT2D eigenvalue weighted by Gasteiger charge is -2.30. The minimum atomic E-state index is -0.540. The van der Waals surface area contributed by atoms with Gasteiger partial charge in [0.25, 0.3) is 0 Å². The largest absolute Gasteiger partial charge is 0.507 e. The van der Waals surface area contributed by atoms with E-state index in [1.165, 1.54) is 0 Å².